The van der Waals surface area contributed by atoms with Crippen molar-refractivity contribution in [2.75, 3.05) is 0 Å². The fourth-order valence-electron chi connectivity index (χ4n) is 7.56. The molecule has 3 heterocycles. The number of Topliss-reactive ketones (excluding diaryl/α,β-unsaturated/α-hetero) is 4. The lowest BCUT2D eigenvalue weighted by molar-refractivity contribution is -0.347. The predicted molar refractivity (Wildman–Crippen MR) is 143 cm³/mol. The molecule has 0 amide bonds. The molecule has 12 nitrogen and oxygen atoms in total. The molecule has 0 bridgehead atoms. The van der Waals surface area contributed by atoms with Crippen molar-refractivity contribution in [3.05, 3.63) is 52.1 Å². The van der Waals surface area contributed by atoms with Crippen molar-refractivity contribution in [2.24, 2.45) is 0 Å². The van der Waals surface area contributed by atoms with Crippen LogP contribution in [0.2, 0.25) is 0 Å². The van der Waals surface area contributed by atoms with Crippen LogP contribution < -0.4 is 0 Å². The van der Waals surface area contributed by atoms with Crippen LogP contribution in [0.15, 0.2) is 35.4 Å². The van der Waals surface area contributed by atoms with Gasteiger partial charge in [-0.3, -0.25) is 19.2 Å². The van der Waals surface area contributed by atoms with Crippen molar-refractivity contribution in [3.8, 4) is 5.75 Å². The van der Waals surface area contributed by atoms with Gasteiger partial charge in [0.15, 0.2) is 35.0 Å². The maximum Gasteiger partial charge on any atom is 0.198 e. The quantitative estimate of drug-likeness (QED) is 0.360. The van der Waals surface area contributed by atoms with Crippen LogP contribution in [0, 0.1) is 0 Å². The molecule has 1 aromatic carbocycles. The molecule has 3 aliphatic carbocycles. The van der Waals surface area contributed by atoms with Crippen LogP contribution in [0.4, 0.5) is 0 Å². The van der Waals surface area contributed by atoms with E-state index in [1.165, 1.54) is 19.1 Å². The Morgan fingerprint density at radius 1 is 0.930 bits per heavy atom. The van der Waals surface area contributed by atoms with Gasteiger partial charge in [-0.05, 0) is 32.9 Å². The second kappa shape index (κ2) is 9.21. The number of aliphatic hydroxyl groups is 3. The highest BCUT2D eigenvalue weighted by molar-refractivity contribution is 6.32. The summed E-state index contributed by atoms with van der Waals surface area (Å²) >= 11 is 0. The number of fused-ring (bicyclic) bond motifs is 5. The van der Waals surface area contributed by atoms with Gasteiger partial charge in [-0.2, -0.15) is 0 Å². The van der Waals surface area contributed by atoms with E-state index < -0.39 is 101 Å². The predicted octanol–water partition coefficient (Wildman–Crippen LogP) is 0.920. The number of carbonyl (C=O) groups excluding carboxylic acids is 4. The van der Waals surface area contributed by atoms with Gasteiger partial charge in [-0.15, -0.1) is 0 Å². The van der Waals surface area contributed by atoms with Crippen molar-refractivity contribution in [3.63, 3.8) is 0 Å². The van der Waals surface area contributed by atoms with Gasteiger partial charge >= 0.3 is 0 Å². The largest absolute Gasteiger partial charge is 0.507 e. The molecule has 4 N–H and O–H groups in total. The van der Waals surface area contributed by atoms with Crippen LogP contribution in [0.1, 0.15) is 78.8 Å². The van der Waals surface area contributed by atoms with Gasteiger partial charge in [0.2, 0.25) is 0 Å². The molecule has 228 valence electrons. The zero-order chi connectivity index (χ0) is 30.8. The van der Waals surface area contributed by atoms with E-state index in [0.717, 1.165) is 12.2 Å². The number of phenols is 1. The minimum absolute atomic E-state index is 0.0932. The number of ether oxygens (including phenoxy) is 4. The number of carbonyl (C=O) groups is 4. The first-order valence-corrected chi connectivity index (χ1v) is 14.4. The Labute approximate surface area is 245 Å². The van der Waals surface area contributed by atoms with Gasteiger partial charge in [-0.25, -0.2) is 0 Å². The summed E-state index contributed by atoms with van der Waals surface area (Å²) in [4.78, 5) is 53.0. The van der Waals surface area contributed by atoms with Crippen molar-refractivity contribution in [1.29, 1.82) is 0 Å². The molecule has 0 radical (unpaired) electrons. The summed E-state index contributed by atoms with van der Waals surface area (Å²) in [6, 6.07) is 2.76. The smallest absolute Gasteiger partial charge is 0.198 e. The molecule has 6 aliphatic rings. The van der Waals surface area contributed by atoms with Crippen LogP contribution >= 0.6 is 0 Å². The summed E-state index contributed by atoms with van der Waals surface area (Å²) in [5, 5.41) is 44.9. The van der Waals surface area contributed by atoms with E-state index in [1.807, 2.05) is 0 Å². The van der Waals surface area contributed by atoms with E-state index in [-0.39, 0.29) is 40.9 Å². The summed E-state index contributed by atoms with van der Waals surface area (Å²) in [6.07, 6.45) is -2.64. The van der Waals surface area contributed by atoms with Crippen molar-refractivity contribution in [1.82, 2.24) is 0 Å². The average molecular weight is 597 g/mol. The lowest BCUT2D eigenvalue weighted by atomic mass is 9.57. The lowest BCUT2D eigenvalue weighted by Gasteiger charge is -2.51. The normalized spacial score (nSPS) is 43.9. The monoisotopic (exact) mass is 596 g/mol. The fourth-order valence-corrected chi connectivity index (χ4v) is 7.56. The first kappa shape index (κ1) is 28.7. The third kappa shape index (κ3) is 3.94. The third-order valence-electron chi connectivity index (χ3n) is 9.67. The number of allylic oxidation sites excluding steroid dienone is 2. The number of hydrogen-bond acceptors (Lipinski definition) is 12. The summed E-state index contributed by atoms with van der Waals surface area (Å²) in [7, 11) is 0. The van der Waals surface area contributed by atoms with E-state index in [4.69, 9.17) is 18.9 Å². The molecule has 1 aromatic rings. The number of aromatic hydroxyl groups is 1. The molecule has 4 fully saturated rings. The molecule has 3 aliphatic heterocycles. The molecule has 0 aromatic heterocycles. The Hall–Kier alpha value is -3.10. The van der Waals surface area contributed by atoms with Crippen molar-refractivity contribution in [2.45, 2.75) is 106 Å². The number of ketones is 4. The Bertz CT molecular complexity index is 1560. The first-order chi connectivity index (χ1) is 20.1. The Morgan fingerprint density at radius 2 is 1.67 bits per heavy atom. The van der Waals surface area contributed by atoms with Gasteiger partial charge in [0.1, 0.15) is 29.7 Å². The van der Waals surface area contributed by atoms with Crippen LogP contribution in [-0.2, 0) is 28.5 Å². The number of benzene rings is 1. The maximum atomic E-state index is 13.8. The second-order valence-electron chi connectivity index (χ2n) is 12.8. The van der Waals surface area contributed by atoms with E-state index >= 15 is 0 Å². The highest BCUT2D eigenvalue weighted by Crippen LogP contribution is 2.52. The molecule has 1 saturated carbocycles. The van der Waals surface area contributed by atoms with Gasteiger partial charge in [-0.1, -0.05) is 12.1 Å². The Balaban J connectivity index is 1.21. The fraction of sp³-hybridized carbons (Fsp3) is 0.548. The Morgan fingerprint density at radius 3 is 2.42 bits per heavy atom. The van der Waals surface area contributed by atoms with Crippen molar-refractivity contribution >= 4 is 23.1 Å². The molecular formula is C31H32O12. The van der Waals surface area contributed by atoms with Crippen LogP contribution in [0.25, 0.3) is 0 Å². The molecule has 43 heavy (non-hydrogen) atoms. The van der Waals surface area contributed by atoms with Gasteiger partial charge in [0.05, 0.1) is 35.0 Å². The number of rotatable bonds is 1. The summed E-state index contributed by atoms with van der Waals surface area (Å²) in [6.45, 7) is 4.78. The van der Waals surface area contributed by atoms with E-state index in [9.17, 15) is 39.6 Å². The summed E-state index contributed by atoms with van der Waals surface area (Å²) in [5.74, 6) is -3.28. The molecule has 0 spiro atoms. The minimum atomic E-state index is -2.76. The highest BCUT2D eigenvalue weighted by Gasteiger charge is 2.66. The van der Waals surface area contributed by atoms with Crippen LogP contribution in [0.3, 0.4) is 0 Å². The van der Waals surface area contributed by atoms with Crippen LogP contribution in [0.5, 0.6) is 5.75 Å². The van der Waals surface area contributed by atoms with Crippen LogP contribution in [-0.4, -0.2) is 97.2 Å². The molecular weight excluding hydrogens is 564 g/mol. The summed E-state index contributed by atoms with van der Waals surface area (Å²) < 4.78 is 24.2. The van der Waals surface area contributed by atoms with Gasteiger partial charge < -0.3 is 39.4 Å². The van der Waals surface area contributed by atoms with E-state index in [2.05, 4.69) is 0 Å². The second-order valence-corrected chi connectivity index (χ2v) is 12.8. The topological polar surface area (TPSA) is 186 Å². The molecule has 10 atom stereocenters. The zero-order valence-corrected chi connectivity index (χ0v) is 23.7. The number of phenolic OH excluding ortho intramolecular Hbond substituents is 1. The SMILES string of the molecule is CC1OC2OC3C(C)OC(c4ccc5c(c4O)C(=O)C4=C(C5=O)[C@@]5(O)C(=O)C[C@](C)(O)C[C@@]5(O)C=C4)CC3OC2CC1=O. The third-order valence-corrected chi connectivity index (χ3v) is 9.67. The number of hydrogen-bond donors (Lipinski definition) is 4. The van der Waals surface area contributed by atoms with Crippen molar-refractivity contribution < 1.29 is 58.6 Å². The van der Waals surface area contributed by atoms with Gasteiger partial charge in [0, 0.05) is 42.4 Å². The highest BCUT2D eigenvalue weighted by atomic mass is 16.7. The van der Waals surface area contributed by atoms with Gasteiger partial charge in [0.25, 0.3) is 0 Å². The van der Waals surface area contributed by atoms with E-state index in [0.29, 0.717) is 0 Å². The minimum Gasteiger partial charge on any atom is -0.507 e. The molecule has 7 unspecified atom stereocenters. The molecule has 7 rings (SSSR count). The Kier molecular flexibility index (Phi) is 6.14. The first-order valence-electron chi connectivity index (χ1n) is 14.4. The standard InChI is InChI=1S/C31H32O12/c1-12-17(32)8-20-28(41-12)43-27-13(2)40-18(9-19(27)42-20)14-4-5-15-22(24(14)34)25(35)16-6-7-30(38)11-29(3,37)10-21(33)31(30,39)23(16)26(15)36/h4-7,12-13,18-20,27-28,34,37-39H,8-11H2,1-3H3/t12?,13?,18?,19?,20?,27?,28?,29-,30-,31-/m0/s1. The maximum absolute atomic E-state index is 13.8. The molecule has 12 heteroatoms. The lowest BCUT2D eigenvalue weighted by Crippen LogP contribution is -2.69. The summed E-state index contributed by atoms with van der Waals surface area (Å²) in [5.41, 5.74) is -7.95. The average Bonchev–Trinajstić information content (AvgIpc) is 2.92. The van der Waals surface area contributed by atoms with E-state index in [1.54, 1.807) is 13.8 Å². The molecule has 3 saturated heterocycles. The zero-order valence-electron chi connectivity index (χ0n) is 23.7.